The van der Waals surface area contributed by atoms with Crippen LogP contribution < -0.4 is 0 Å². The van der Waals surface area contributed by atoms with E-state index in [1.807, 2.05) is 0 Å². The molecule has 7 nitrogen and oxygen atoms in total. The molecule has 0 spiro atoms. The first-order chi connectivity index (χ1) is 14.7. The molecule has 3 rings (SSSR count). The van der Waals surface area contributed by atoms with E-state index in [9.17, 15) is 26.4 Å². The maximum atomic E-state index is 13.0. The maximum Gasteiger partial charge on any atom is 0.416 e. The van der Waals surface area contributed by atoms with Crippen molar-refractivity contribution in [1.82, 2.24) is 19.3 Å². The molecule has 1 aromatic heterocycles. The predicted molar refractivity (Wildman–Crippen MR) is 112 cm³/mol. The molecular formula is C18H12Cl3F3N4O3S. The molecule has 0 atom stereocenters. The Hall–Kier alpha value is -2.34. The van der Waals surface area contributed by atoms with Crippen molar-refractivity contribution in [2.75, 3.05) is 7.05 Å². The summed E-state index contributed by atoms with van der Waals surface area (Å²) < 4.78 is 66.3. The minimum absolute atomic E-state index is 0.136. The Balaban J connectivity index is 2.01. The molecule has 0 aliphatic heterocycles. The van der Waals surface area contributed by atoms with Crippen LogP contribution in [0.5, 0.6) is 0 Å². The van der Waals surface area contributed by atoms with Gasteiger partial charge in [0.2, 0.25) is 0 Å². The molecule has 170 valence electrons. The molecule has 0 saturated carbocycles. The van der Waals surface area contributed by atoms with Crippen LogP contribution in [0.4, 0.5) is 13.2 Å². The highest BCUT2D eigenvalue weighted by atomic mass is 35.5. The number of carbonyl (C=O) groups excluding carboxylic acids is 1. The van der Waals surface area contributed by atoms with Gasteiger partial charge in [0.15, 0.2) is 5.69 Å². The zero-order chi connectivity index (χ0) is 24.0. The van der Waals surface area contributed by atoms with Gasteiger partial charge in [0.25, 0.3) is 15.9 Å². The number of halogens is 6. The summed E-state index contributed by atoms with van der Waals surface area (Å²) >= 11 is 17.8. The van der Waals surface area contributed by atoms with Crippen molar-refractivity contribution in [3.63, 3.8) is 0 Å². The summed E-state index contributed by atoms with van der Waals surface area (Å²) in [4.78, 5) is 12.0. The fraction of sp³-hybridized carbons (Fsp3) is 0.167. The Morgan fingerprint density at radius 2 is 1.72 bits per heavy atom. The lowest BCUT2D eigenvalue weighted by Crippen LogP contribution is -2.34. The molecule has 0 bridgehead atoms. The standard InChI is InChI=1S/C18H12Cl3F3N4O3S/c1-9-16(25-26-28(9)14-6-4-11(19)8-13(14)21)17(29)27(2)32(30,31)15-7-10(18(22,23)24)3-5-12(15)20/h3-8H,1-2H3. The van der Waals surface area contributed by atoms with Crippen molar-refractivity contribution in [2.45, 2.75) is 18.0 Å². The van der Waals surface area contributed by atoms with Gasteiger partial charge in [-0.25, -0.2) is 17.4 Å². The normalized spacial score (nSPS) is 12.1. The van der Waals surface area contributed by atoms with E-state index >= 15 is 0 Å². The summed E-state index contributed by atoms with van der Waals surface area (Å²) in [5.74, 6) is -1.13. The molecule has 14 heteroatoms. The second-order valence-electron chi connectivity index (χ2n) is 6.45. The van der Waals surface area contributed by atoms with Crippen LogP contribution in [-0.2, 0) is 16.2 Å². The number of aromatic nitrogens is 3. The minimum atomic E-state index is -4.81. The summed E-state index contributed by atoms with van der Waals surface area (Å²) in [5.41, 5.74) is -1.13. The van der Waals surface area contributed by atoms with Gasteiger partial charge in [0.05, 0.1) is 27.0 Å². The first-order valence-electron chi connectivity index (χ1n) is 8.53. The van der Waals surface area contributed by atoms with E-state index in [1.54, 1.807) is 0 Å². The number of sulfonamides is 1. The summed E-state index contributed by atoms with van der Waals surface area (Å²) in [6.07, 6.45) is -4.81. The third-order valence-corrected chi connectivity index (χ3v) is 7.18. The van der Waals surface area contributed by atoms with Gasteiger partial charge in [-0.2, -0.15) is 13.2 Å². The zero-order valence-corrected chi connectivity index (χ0v) is 19.2. The van der Waals surface area contributed by atoms with Gasteiger partial charge in [-0.05, 0) is 43.3 Å². The second kappa shape index (κ2) is 8.54. The van der Waals surface area contributed by atoms with E-state index < -0.39 is 37.6 Å². The van der Waals surface area contributed by atoms with Crippen LogP contribution in [0.2, 0.25) is 15.1 Å². The summed E-state index contributed by atoms with van der Waals surface area (Å²) in [6.45, 7) is 1.44. The van der Waals surface area contributed by atoms with Crippen molar-refractivity contribution in [2.24, 2.45) is 0 Å². The van der Waals surface area contributed by atoms with E-state index in [2.05, 4.69) is 10.3 Å². The molecule has 0 aliphatic rings. The lowest BCUT2D eigenvalue weighted by molar-refractivity contribution is -0.137. The number of hydrogen-bond donors (Lipinski definition) is 0. The number of carbonyl (C=O) groups is 1. The number of alkyl halides is 3. The molecule has 1 heterocycles. The largest absolute Gasteiger partial charge is 0.416 e. The molecule has 1 amide bonds. The fourth-order valence-electron chi connectivity index (χ4n) is 2.69. The first kappa shape index (κ1) is 24.3. The molecule has 32 heavy (non-hydrogen) atoms. The first-order valence-corrected chi connectivity index (χ1v) is 11.1. The monoisotopic (exact) mass is 526 g/mol. The van der Waals surface area contributed by atoms with Crippen LogP contribution in [-0.4, -0.2) is 40.7 Å². The molecule has 0 fully saturated rings. The third-order valence-electron chi connectivity index (χ3n) is 4.42. The van der Waals surface area contributed by atoms with E-state index in [0.29, 0.717) is 22.8 Å². The molecule has 0 N–H and O–H groups in total. The van der Waals surface area contributed by atoms with Gasteiger partial charge in [0, 0.05) is 12.1 Å². The lowest BCUT2D eigenvalue weighted by Gasteiger charge is -2.18. The summed E-state index contributed by atoms with van der Waals surface area (Å²) in [6, 6.07) is 6.27. The maximum absolute atomic E-state index is 13.0. The molecule has 3 aromatic rings. The number of hydrogen-bond acceptors (Lipinski definition) is 5. The second-order valence-corrected chi connectivity index (χ2v) is 9.64. The van der Waals surface area contributed by atoms with E-state index in [0.717, 1.165) is 13.1 Å². The average molecular weight is 528 g/mol. The highest BCUT2D eigenvalue weighted by Crippen LogP contribution is 2.34. The topological polar surface area (TPSA) is 85.2 Å². The van der Waals surface area contributed by atoms with Crippen molar-refractivity contribution in [1.29, 1.82) is 0 Å². The lowest BCUT2D eigenvalue weighted by atomic mass is 10.2. The van der Waals surface area contributed by atoms with Gasteiger partial charge < -0.3 is 0 Å². The molecule has 2 aromatic carbocycles. The van der Waals surface area contributed by atoms with Crippen LogP contribution in [0.1, 0.15) is 21.7 Å². The number of nitrogens with zero attached hydrogens (tertiary/aromatic N) is 4. The third kappa shape index (κ3) is 4.42. The van der Waals surface area contributed by atoms with Crippen molar-refractivity contribution >= 4 is 50.7 Å². The Morgan fingerprint density at radius 1 is 1.06 bits per heavy atom. The zero-order valence-electron chi connectivity index (χ0n) is 16.2. The van der Waals surface area contributed by atoms with Crippen LogP contribution in [0.25, 0.3) is 5.69 Å². The minimum Gasteiger partial charge on any atom is -0.266 e. The smallest absolute Gasteiger partial charge is 0.266 e. The van der Waals surface area contributed by atoms with Gasteiger partial charge in [-0.3, -0.25) is 4.79 Å². The van der Waals surface area contributed by atoms with Gasteiger partial charge >= 0.3 is 6.18 Å². The predicted octanol–water partition coefficient (Wildman–Crippen LogP) is 5.02. The Morgan fingerprint density at radius 3 is 2.31 bits per heavy atom. The Bertz CT molecular complexity index is 1330. The number of rotatable bonds is 4. The highest BCUT2D eigenvalue weighted by Gasteiger charge is 2.36. The van der Waals surface area contributed by atoms with Crippen LogP contribution in [0.15, 0.2) is 41.3 Å². The Labute approximate surface area is 195 Å². The Kier molecular flexibility index (Phi) is 6.49. The van der Waals surface area contributed by atoms with Gasteiger partial charge in [-0.1, -0.05) is 40.0 Å². The van der Waals surface area contributed by atoms with E-state index in [1.165, 1.54) is 29.8 Å². The number of benzene rings is 2. The van der Waals surface area contributed by atoms with Gasteiger partial charge in [0.1, 0.15) is 4.90 Å². The quantitative estimate of drug-likeness (QED) is 0.476. The highest BCUT2D eigenvalue weighted by molar-refractivity contribution is 7.89. The number of amides is 1. The molecule has 0 unspecified atom stereocenters. The fourth-order valence-corrected chi connectivity index (χ4v) is 4.78. The van der Waals surface area contributed by atoms with Crippen LogP contribution in [0.3, 0.4) is 0 Å². The summed E-state index contributed by atoms with van der Waals surface area (Å²) in [5, 5.41) is 7.61. The summed E-state index contributed by atoms with van der Waals surface area (Å²) in [7, 11) is -3.88. The van der Waals surface area contributed by atoms with Crippen LogP contribution in [0, 0.1) is 6.92 Å². The van der Waals surface area contributed by atoms with Crippen molar-refractivity contribution in [3.8, 4) is 5.69 Å². The van der Waals surface area contributed by atoms with Crippen LogP contribution >= 0.6 is 34.8 Å². The van der Waals surface area contributed by atoms with Crippen molar-refractivity contribution in [3.05, 3.63) is 68.4 Å². The van der Waals surface area contributed by atoms with E-state index in [4.69, 9.17) is 34.8 Å². The molecule has 0 saturated heterocycles. The average Bonchev–Trinajstić information content (AvgIpc) is 3.07. The molecule has 0 aliphatic carbocycles. The molecule has 0 radical (unpaired) electrons. The SMILES string of the molecule is Cc1c(C(=O)N(C)S(=O)(=O)c2cc(C(F)(F)F)ccc2Cl)nnn1-c1ccc(Cl)cc1Cl. The molecular weight excluding hydrogens is 516 g/mol. The van der Waals surface area contributed by atoms with Crippen molar-refractivity contribution < 1.29 is 26.4 Å². The van der Waals surface area contributed by atoms with E-state index in [-0.39, 0.29) is 20.7 Å². The van der Waals surface area contributed by atoms with Gasteiger partial charge in [-0.15, -0.1) is 5.10 Å².